The van der Waals surface area contributed by atoms with Crippen LogP contribution >= 0.6 is 0 Å². The Balaban J connectivity index is 1.23. The van der Waals surface area contributed by atoms with Gasteiger partial charge in [0.05, 0.1) is 0 Å². The van der Waals surface area contributed by atoms with Gasteiger partial charge in [0.2, 0.25) is 0 Å². The van der Waals surface area contributed by atoms with Crippen molar-refractivity contribution in [2.45, 2.75) is 0 Å². The summed E-state index contributed by atoms with van der Waals surface area (Å²) in [5.41, 5.74) is 7.36. The van der Waals surface area contributed by atoms with Crippen molar-refractivity contribution in [3.63, 3.8) is 0 Å². The highest BCUT2D eigenvalue weighted by Gasteiger charge is 2.24. The molecule has 0 amide bonds. The van der Waals surface area contributed by atoms with Crippen molar-refractivity contribution in [2.24, 2.45) is 0 Å². The minimum absolute atomic E-state index is 0.910. The van der Waals surface area contributed by atoms with Gasteiger partial charge in [-0.25, -0.2) is 0 Å². The Hall–Kier alpha value is -6.44. The molecule has 226 valence electrons. The van der Waals surface area contributed by atoms with E-state index in [1.165, 1.54) is 87.1 Å². The summed E-state index contributed by atoms with van der Waals surface area (Å²) in [6, 6.07) is 62.1. The second kappa shape index (κ2) is 10.0. The molecular formula is C48H28O. The zero-order valence-electron chi connectivity index (χ0n) is 26.6. The normalized spacial score (nSPS) is 12.2. The maximum absolute atomic E-state index is 6.76. The molecule has 0 N–H and O–H groups in total. The van der Waals surface area contributed by atoms with E-state index in [1.807, 2.05) is 0 Å². The third-order valence-electron chi connectivity index (χ3n) is 10.6. The van der Waals surface area contributed by atoms with Crippen LogP contribution in [0.3, 0.4) is 0 Å². The van der Waals surface area contributed by atoms with Crippen LogP contribution in [0, 0.1) is 0 Å². The number of rotatable bonds is 2. The zero-order chi connectivity index (χ0) is 32.1. The quantitative estimate of drug-likeness (QED) is 0.138. The molecule has 0 spiro atoms. The molecule has 0 aliphatic carbocycles. The van der Waals surface area contributed by atoms with Crippen LogP contribution < -0.4 is 4.74 Å². The Morgan fingerprint density at radius 2 is 0.878 bits per heavy atom. The molecule has 0 radical (unpaired) electrons. The Labute approximate surface area is 283 Å². The molecule has 49 heavy (non-hydrogen) atoms. The Morgan fingerprint density at radius 3 is 1.73 bits per heavy atom. The van der Waals surface area contributed by atoms with E-state index in [4.69, 9.17) is 4.74 Å². The molecule has 0 fully saturated rings. The van der Waals surface area contributed by atoms with E-state index in [9.17, 15) is 0 Å². The van der Waals surface area contributed by atoms with Gasteiger partial charge < -0.3 is 4.74 Å². The summed E-state index contributed by atoms with van der Waals surface area (Å²) in [6.45, 7) is 0. The fourth-order valence-corrected chi connectivity index (χ4v) is 8.48. The predicted octanol–water partition coefficient (Wildman–Crippen LogP) is 13.7. The lowest BCUT2D eigenvalue weighted by molar-refractivity contribution is 0.493. The van der Waals surface area contributed by atoms with Gasteiger partial charge in [0.1, 0.15) is 11.5 Å². The molecule has 1 heteroatoms. The van der Waals surface area contributed by atoms with Crippen LogP contribution in [0.25, 0.3) is 98.0 Å². The highest BCUT2D eigenvalue weighted by Crippen LogP contribution is 2.52. The van der Waals surface area contributed by atoms with E-state index in [-0.39, 0.29) is 0 Å². The molecule has 0 aromatic heterocycles. The van der Waals surface area contributed by atoms with Crippen molar-refractivity contribution >= 4 is 64.6 Å². The molecule has 11 rings (SSSR count). The van der Waals surface area contributed by atoms with Crippen LogP contribution in [0.2, 0.25) is 0 Å². The third-order valence-corrected chi connectivity index (χ3v) is 10.6. The molecule has 1 aliphatic heterocycles. The first-order valence-corrected chi connectivity index (χ1v) is 16.9. The van der Waals surface area contributed by atoms with Crippen molar-refractivity contribution in [1.82, 2.24) is 0 Å². The van der Waals surface area contributed by atoms with Crippen molar-refractivity contribution in [3.05, 3.63) is 170 Å². The lowest BCUT2D eigenvalue weighted by Gasteiger charge is -2.24. The van der Waals surface area contributed by atoms with E-state index >= 15 is 0 Å². The molecule has 0 saturated heterocycles. The lowest BCUT2D eigenvalue weighted by Crippen LogP contribution is -1.99. The summed E-state index contributed by atoms with van der Waals surface area (Å²) in [6.07, 6.45) is 0. The van der Waals surface area contributed by atoms with E-state index in [0.29, 0.717) is 0 Å². The number of ether oxygens (including phenoxy) is 1. The zero-order valence-corrected chi connectivity index (χ0v) is 26.6. The maximum atomic E-state index is 6.76. The van der Waals surface area contributed by atoms with Crippen molar-refractivity contribution < 1.29 is 4.74 Å². The van der Waals surface area contributed by atoms with Crippen LogP contribution in [0.4, 0.5) is 0 Å². The maximum Gasteiger partial charge on any atom is 0.143 e. The number of hydrogen-bond acceptors (Lipinski definition) is 1. The van der Waals surface area contributed by atoms with Gasteiger partial charge in [-0.3, -0.25) is 0 Å². The largest absolute Gasteiger partial charge is 0.455 e. The average molecular weight is 621 g/mol. The standard InChI is InChI=1S/C48H28O/c1-4-15-33-29(10-1)13-7-18-37(33)46-34-16-5-3-12-32(34)28-43-41(46)24-23-31-14-8-19-38(45(31)43)36-26-27-44-47-39(36)20-9-21-40(47)42-25-22-30-11-2-6-17-35(30)48(42)49-44/h1-28H. The SMILES string of the molecule is c1ccc2c(-c3c4ccccc4cc4c3ccc3cccc(-c5ccc6c7c(cccc57)-c5ccc7ccccc7c5O6)c34)cccc2c1. The monoisotopic (exact) mass is 620 g/mol. The van der Waals surface area contributed by atoms with Crippen molar-refractivity contribution in [2.75, 3.05) is 0 Å². The van der Waals surface area contributed by atoms with Gasteiger partial charge >= 0.3 is 0 Å². The molecule has 0 bridgehead atoms. The second-order valence-corrected chi connectivity index (χ2v) is 13.2. The third kappa shape index (κ3) is 3.76. The van der Waals surface area contributed by atoms with E-state index in [0.717, 1.165) is 22.4 Å². The highest BCUT2D eigenvalue weighted by molar-refractivity contribution is 6.26. The summed E-state index contributed by atoms with van der Waals surface area (Å²) in [7, 11) is 0. The number of hydrogen-bond donors (Lipinski definition) is 0. The predicted molar refractivity (Wildman–Crippen MR) is 208 cm³/mol. The van der Waals surface area contributed by atoms with Crippen LogP contribution in [0.1, 0.15) is 0 Å². The van der Waals surface area contributed by atoms with Gasteiger partial charge in [0.15, 0.2) is 0 Å². The molecule has 1 aliphatic rings. The Kier molecular flexibility index (Phi) is 5.45. The molecular weight excluding hydrogens is 593 g/mol. The molecule has 0 saturated carbocycles. The van der Waals surface area contributed by atoms with E-state index < -0.39 is 0 Å². The number of benzene rings is 10. The fourth-order valence-electron chi connectivity index (χ4n) is 8.48. The fraction of sp³-hybridized carbons (Fsp3) is 0. The molecule has 10 aromatic carbocycles. The molecule has 10 aromatic rings. The molecule has 0 atom stereocenters. The smallest absolute Gasteiger partial charge is 0.143 e. The lowest BCUT2D eigenvalue weighted by atomic mass is 9.85. The Bertz CT molecular complexity index is 3020. The van der Waals surface area contributed by atoms with Gasteiger partial charge in [0, 0.05) is 16.3 Å². The van der Waals surface area contributed by atoms with Crippen molar-refractivity contribution in [1.29, 1.82) is 0 Å². The van der Waals surface area contributed by atoms with E-state index in [1.54, 1.807) is 0 Å². The minimum Gasteiger partial charge on any atom is -0.455 e. The van der Waals surface area contributed by atoms with Crippen LogP contribution in [-0.4, -0.2) is 0 Å². The highest BCUT2D eigenvalue weighted by atomic mass is 16.5. The molecule has 1 heterocycles. The summed E-state index contributed by atoms with van der Waals surface area (Å²) in [5, 5.41) is 14.8. The molecule has 1 nitrogen and oxygen atoms in total. The Morgan fingerprint density at radius 1 is 0.286 bits per heavy atom. The van der Waals surface area contributed by atoms with Gasteiger partial charge in [-0.1, -0.05) is 152 Å². The van der Waals surface area contributed by atoms with Crippen molar-refractivity contribution in [3.8, 4) is 44.9 Å². The van der Waals surface area contributed by atoms with Gasteiger partial charge in [-0.05, 0) is 99.9 Å². The first-order chi connectivity index (χ1) is 24.3. The molecule has 0 unspecified atom stereocenters. The first kappa shape index (κ1) is 26.6. The van der Waals surface area contributed by atoms with Crippen LogP contribution in [0.5, 0.6) is 11.5 Å². The first-order valence-electron chi connectivity index (χ1n) is 16.9. The minimum atomic E-state index is 0.910. The summed E-state index contributed by atoms with van der Waals surface area (Å²) < 4.78 is 6.76. The topological polar surface area (TPSA) is 9.23 Å². The number of fused-ring (bicyclic) bond motifs is 9. The van der Waals surface area contributed by atoms with E-state index in [2.05, 4.69) is 170 Å². The van der Waals surface area contributed by atoms with Gasteiger partial charge in [0.25, 0.3) is 0 Å². The van der Waals surface area contributed by atoms with Gasteiger partial charge in [-0.2, -0.15) is 0 Å². The summed E-state index contributed by atoms with van der Waals surface area (Å²) in [4.78, 5) is 0. The van der Waals surface area contributed by atoms with Gasteiger partial charge in [-0.15, -0.1) is 0 Å². The summed E-state index contributed by atoms with van der Waals surface area (Å²) in [5.74, 6) is 1.85. The summed E-state index contributed by atoms with van der Waals surface area (Å²) >= 11 is 0. The average Bonchev–Trinajstić information content (AvgIpc) is 3.16. The van der Waals surface area contributed by atoms with Crippen LogP contribution in [-0.2, 0) is 0 Å². The second-order valence-electron chi connectivity index (χ2n) is 13.2. The van der Waals surface area contributed by atoms with Crippen LogP contribution in [0.15, 0.2) is 170 Å².